The van der Waals surface area contributed by atoms with Crippen LogP contribution >= 0.6 is 0 Å². The Hall–Kier alpha value is -3.84. The second-order valence-electron chi connectivity index (χ2n) is 13.0. The average molecular weight is 626 g/mol. The molecule has 46 heavy (non-hydrogen) atoms. The van der Waals surface area contributed by atoms with E-state index in [4.69, 9.17) is 5.73 Å². The molecule has 1 heterocycles. The summed E-state index contributed by atoms with van der Waals surface area (Å²) in [5, 5.41) is 3.22. The first-order valence-corrected chi connectivity index (χ1v) is 17.4. The topological polar surface area (TPSA) is 81.9 Å². The number of carbonyl (C=O) groups excluding carboxylic acids is 2. The molecule has 0 unspecified atom stereocenters. The van der Waals surface area contributed by atoms with Gasteiger partial charge in [-0.05, 0) is 67.6 Å². The third-order valence-corrected chi connectivity index (χ3v) is 9.33. The lowest BCUT2D eigenvalue weighted by atomic mass is 9.91. The normalized spacial score (nSPS) is 13.9. The predicted molar refractivity (Wildman–Crippen MR) is 192 cm³/mol. The molecule has 1 aliphatic rings. The molecule has 0 aliphatic carbocycles. The van der Waals surface area contributed by atoms with Crippen molar-refractivity contribution < 1.29 is 9.59 Å². The minimum Gasteiger partial charge on any atom is -0.378 e. The molecule has 3 N–H and O–H groups in total. The molecule has 1 fully saturated rings. The fourth-order valence-electron chi connectivity index (χ4n) is 6.60. The molecule has 3 aromatic rings. The quantitative estimate of drug-likeness (QED) is 0.149. The van der Waals surface area contributed by atoms with Gasteiger partial charge in [0.2, 0.25) is 0 Å². The maximum atomic E-state index is 13.7. The van der Waals surface area contributed by atoms with Crippen LogP contribution in [0.15, 0.2) is 78.9 Å². The van der Waals surface area contributed by atoms with Crippen LogP contribution in [0.4, 0.5) is 16.2 Å². The second kappa shape index (κ2) is 18.3. The van der Waals surface area contributed by atoms with Gasteiger partial charge in [0.25, 0.3) is 5.91 Å². The van der Waals surface area contributed by atoms with Gasteiger partial charge in [-0.2, -0.15) is 0 Å². The standard InChI is InChI=1S/C39H55N5O2/c1-4-5-6-7-8-9-10-17-26-44(39(40)46)36-23-22-34(42(2)3)29-35(36)38(45)41-30-31-24-27-43(28-25-31)37(32-18-13-11-14-19-32)33-20-15-12-16-21-33/h11-16,18-23,29,31,37H,4-10,17,24-28,30H2,1-3H3,(H2,40,46)(H,41,45). The Morgan fingerprint density at radius 2 is 1.39 bits per heavy atom. The minimum atomic E-state index is -0.520. The first kappa shape index (κ1) is 35.0. The molecular weight excluding hydrogens is 570 g/mol. The molecule has 4 rings (SSSR count). The van der Waals surface area contributed by atoms with Gasteiger partial charge in [-0.3, -0.25) is 14.6 Å². The van der Waals surface area contributed by atoms with Crippen molar-refractivity contribution in [2.45, 2.75) is 77.2 Å². The van der Waals surface area contributed by atoms with E-state index in [1.54, 1.807) is 4.90 Å². The molecule has 0 atom stereocenters. The van der Waals surface area contributed by atoms with Gasteiger partial charge in [0.1, 0.15) is 0 Å². The highest BCUT2D eigenvalue weighted by Crippen LogP contribution is 2.32. The third-order valence-electron chi connectivity index (χ3n) is 9.33. The molecule has 3 amide bonds. The third kappa shape index (κ3) is 10.1. The van der Waals surface area contributed by atoms with Crippen molar-refractivity contribution in [1.29, 1.82) is 0 Å². The zero-order valence-electron chi connectivity index (χ0n) is 28.3. The van der Waals surface area contributed by atoms with E-state index >= 15 is 0 Å². The number of nitrogens with two attached hydrogens (primary N) is 1. The number of rotatable bonds is 17. The van der Waals surface area contributed by atoms with Crippen molar-refractivity contribution >= 4 is 23.3 Å². The largest absolute Gasteiger partial charge is 0.378 e. The summed E-state index contributed by atoms with van der Waals surface area (Å²) in [4.78, 5) is 32.5. The highest BCUT2D eigenvalue weighted by atomic mass is 16.2. The highest BCUT2D eigenvalue weighted by molar-refractivity contribution is 6.05. The Morgan fingerprint density at radius 3 is 1.93 bits per heavy atom. The fraction of sp³-hybridized carbons (Fsp3) is 0.487. The van der Waals surface area contributed by atoms with Gasteiger partial charge in [-0.25, -0.2) is 4.79 Å². The fourth-order valence-corrected chi connectivity index (χ4v) is 6.60. The Bertz CT molecular complexity index is 1300. The Kier molecular flexibility index (Phi) is 14.0. The SMILES string of the molecule is CCCCCCCCCCN(C(N)=O)c1ccc(N(C)C)cc1C(=O)NCC1CCN(C(c2ccccc2)c2ccccc2)CC1. The zero-order valence-corrected chi connectivity index (χ0v) is 28.3. The molecule has 0 radical (unpaired) electrons. The number of primary amides is 1. The summed E-state index contributed by atoms with van der Waals surface area (Å²) < 4.78 is 0. The molecule has 0 bridgehead atoms. The van der Waals surface area contributed by atoms with E-state index in [1.807, 2.05) is 37.2 Å². The summed E-state index contributed by atoms with van der Waals surface area (Å²) in [6, 6.07) is 26.8. The molecule has 248 valence electrons. The predicted octanol–water partition coefficient (Wildman–Crippen LogP) is 8.01. The van der Waals surface area contributed by atoms with Gasteiger partial charge in [0, 0.05) is 32.9 Å². The number of hydrogen-bond acceptors (Lipinski definition) is 4. The van der Waals surface area contributed by atoms with Crippen LogP contribution in [0.25, 0.3) is 0 Å². The van der Waals surface area contributed by atoms with E-state index in [9.17, 15) is 9.59 Å². The van der Waals surface area contributed by atoms with Crippen molar-refractivity contribution in [3.05, 3.63) is 95.6 Å². The van der Waals surface area contributed by atoms with E-state index < -0.39 is 6.03 Å². The Labute approximate surface area is 277 Å². The van der Waals surface area contributed by atoms with Crippen molar-refractivity contribution in [3.8, 4) is 0 Å². The number of urea groups is 1. The molecule has 7 nitrogen and oxygen atoms in total. The number of hydrogen-bond donors (Lipinski definition) is 2. The number of amides is 3. The van der Waals surface area contributed by atoms with Crippen LogP contribution in [-0.2, 0) is 0 Å². The Morgan fingerprint density at radius 1 is 0.826 bits per heavy atom. The summed E-state index contributed by atoms with van der Waals surface area (Å²) in [6.07, 6.45) is 11.4. The molecule has 0 spiro atoms. The number of nitrogens with one attached hydrogen (secondary N) is 1. The lowest BCUT2D eigenvalue weighted by Gasteiger charge is -2.38. The Balaban J connectivity index is 1.37. The van der Waals surface area contributed by atoms with E-state index in [-0.39, 0.29) is 11.9 Å². The summed E-state index contributed by atoms with van der Waals surface area (Å²) in [5.74, 6) is 0.229. The van der Waals surface area contributed by atoms with Gasteiger partial charge >= 0.3 is 6.03 Å². The summed E-state index contributed by atoms with van der Waals surface area (Å²) in [7, 11) is 3.91. The van der Waals surface area contributed by atoms with Crippen LogP contribution in [0.2, 0.25) is 0 Å². The zero-order chi connectivity index (χ0) is 32.7. The summed E-state index contributed by atoms with van der Waals surface area (Å²) in [6.45, 7) is 5.27. The number of piperidine rings is 1. The molecule has 1 saturated heterocycles. The van der Waals surface area contributed by atoms with Crippen LogP contribution in [-0.4, -0.2) is 57.1 Å². The van der Waals surface area contributed by atoms with Crippen LogP contribution in [0.5, 0.6) is 0 Å². The molecule has 7 heteroatoms. The van der Waals surface area contributed by atoms with Crippen molar-refractivity contribution in [2.75, 3.05) is 50.1 Å². The van der Waals surface area contributed by atoms with Crippen LogP contribution in [0.1, 0.15) is 98.7 Å². The number of unbranched alkanes of at least 4 members (excludes halogenated alkanes) is 7. The smallest absolute Gasteiger partial charge is 0.319 e. The van der Waals surface area contributed by atoms with Gasteiger partial charge < -0.3 is 16.0 Å². The van der Waals surface area contributed by atoms with Crippen molar-refractivity contribution in [2.24, 2.45) is 11.7 Å². The molecule has 3 aromatic carbocycles. The van der Waals surface area contributed by atoms with E-state index in [2.05, 4.69) is 77.8 Å². The number of benzene rings is 3. The number of carbonyl (C=O) groups is 2. The lowest BCUT2D eigenvalue weighted by molar-refractivity contribution is 0.0931. The van der Waals surface area contributed by atoms with Crippen LogP contribution in [0, 0.1) is 5.92 Å². The van der Waals surface area contributed by atoms with E-state index in [1.165, 1.54) is 43.2 Å². The molecule has 0 aromatic heterocycles. The maximum Gasteiger partial charge on any atom is 0.319 e. The summed E-state index contributed by atoms with van der Waals surface area (Å²) in [5.41, 5.74) is 10.5. The van der Waals surface area contributed by atoms with Gasteiger partial charge in [0.15, 0.2) is 0 Å². The van der Waals surface area contributed by atoms with Crippen molar-refractivity contribution in [1.82, 2.24) is 10.2 Å². The van der Waals surface area contributed by atoms with Crippen LogP contribution < -0.4 is 20.9 Å². The lowest BCUT2D eigenvalue weighted by Crippen LogP contribution is -2.41. The van der Waals surface area contributed by atoms with Crippen LogP contribution in [0.3, 0.4) is 0 Å². The highest BCUT2D eigenvalue weighted by Gasteiger charge is 2.28. The van der Waals surface area contributed by atoms with E-state index in [0.29, 0.717) is 30.3 Å². The van der Waals surface area contributed by atoms with Gasteiger partial charge in [0.05, 0.1) is 17.3 Å². The first-order chi connectivity index (χ1) is 22.4. The van der Waals surface area contributed by atoms with Gasteiger partial charge in [-0.1, -0.05) is 113 Å². The number of anilines is 2. The molecule has 0 saturated carbocycles. The number of likely N-dealkylation sites (tertiary alicyclic amines) is 1. The number of nitrogens with zero attached hydrogens (tertiary/aromatic N) is 3. The molecule has 1 aliphatic heterocycles. The maximum absolute atomic E-state index is 13.7. The minimum absolute atomic E-state index is 0.158. The summed E-state index contributed by atoms with van der Waals surface area (Å²) >= 11 is 0. The van der Waals surface area contributed by atoms with Crippen molar-refractivity contribution in [3.63, 3.8) is 0 Å². The van der Waals surface area contributed by atoms with Gasteiger partial charge in [-0.15, -0.1) is 0 Å². The monoisotopic (exact) mass is 625 g/mol. The van der Waals surface area contributed by atoms with E-state index in [0.717, 1.165) is 50.9 Å². The average Bonchev–Trinajstić information content (AvgIpc) is 3.08. The second-order valence-corrected chi connectivity index (χ2v) is 13.0. The first-order valence-electron chi connectivity index (χ1n) is 17.4. The molecular formula is C39H55N5O2.